The standard InChI is InChI=1S/C19H23F3N6O2/c1-23-18(25-8-12-9-27(2)26-15(12)19(20,21)22)24-5-6-28-16(29)13-10-3-4-11(7-10)14(13)17(28)30/h3-4,9-11,13-14H,5-8H2,1-2H3,(H2,23,24,25). The van der Waals surface area contributed by atoms with E-state index in [4.69, 9.17) is 0 Å². The van der Waals surface area contributed by atoms with Gasteiger partial charge in [0.05, 0.1) is 11.8 Å². The second-order valence-corrected chi connectivity index (χ2v) is 7.85. The fraction of sp³-hybridized carbons (Fsp3) is 0.579. The predicted octanol–water partition coefficient (Wildman–Crippen LogP) is 0.911. The van der Waals surface area contributed by atoms with E-state index in [9.17, 15) is 22.8 Å². The average molecular weight is 424 g/mol. The monoisotopic (exact) mass is 424 g/mol. The van der Waals surface area contributed by atoms with E-state index in [1.54, 1.807) is 0 Å². The molecule has 2 N–H and O–H groups in total. The fourth-order valence-corrected chi connectivity index (χ4v) is 4.78. The third-order valence-corrected chi connectivity index (χ3v) is 6.03. The van der Waals surface area contributed by atoms with E-state index < -0.39 is 11.9 Å². The van der Waals surface area contributed by atoms with Crippen LogP contribution >= 0.6 is 0 Å². The van der Waals surface area contributed by atoms with E-state index in [0.717, 1.165) is 11.1 Å². The number of aryl methyl sites for hydroxylation is 1. The van der Waals surface area contributed by atoms with Crippen LogP contribution in [-0.4, -0.2) is 52.6 Å². The van der Waals surface area contributed by atoms with Crippen molar-refractivity contribution >= 4 is 17.8 Å². The van der Waals surface area contributed by atoms with Gasteiger partial charge in [0, 0.05) is 45.5 Å². The van der Waals surface area contributed by atoms with Gasteiger partial charge in [-0.25, -0.2) is 0 Å². The summed E-state index contributed by atoms with van der Waals surface area (Å²) < 4.78 is 40.3. The highest BCUT2D eigenvalue weighted by atomic mass is 19.4. The fourth-order valence-electron chi connectivity index (χ4n) is 4.78. The van der Waals surface area contributed by atoms with Gasteiger partial charge in [0.1, 0.15) is 0 Å². The summed E-state index contributed by atoms with van der Waals surface area (Å²) in [5.74, 6) is -0.147. The van der Waals surface area contributed by atoms with Gasteiger partial charge in [-0.2, -0.15) is 18.3 Å². The van der Waals surface area contributed by atoms with Crippen LogP contribution in [-0.2, 0) is 29.4 Å². The highest BCUT2D eigenvalue weighted by Crippen LogP contribution is 2.52. The topological polar surface area (TPSA) is 91.6 Å². The molecule has 1 aromatic heterocycles. The normalized spacial score (nSPS) is 27.9. The second-order valence-electron chi connectivity index (χ2n) is 7.85. The Kier molecular flexibility index (Phi) is 5.07. The van der Waals surface area contributed by atoms with E-state index in [2.05, 4.69) is 20.7 Å². The molecule has 0 radical (unpaired) electrons. The first-order valence-corrected chi connectivity index (χ1v) is 9.78. The number of halogens is 3. The zero-order valence-electron chi connectivity index (χ0n) is 16.6. The molecule has 3 aliphatic rings. The number of likely N-dealkylation sites (tertiary alicyclic amines) is 1. The average Bonchev–Trinajstić information content (AvgIpc) is 3.43. The number of carbonyl (C=O) groups is 2. The molecule has 2 amide bonds. The number of alkyl halides is 3. The lowest BCUT2D eigenvalue weighted by atomic mass is 9.85. The van der Waals surface area contributed by atoms with Crippen LogP contribution in [0.3, 0.4) is 0 Å². The molecule has 1 saturated carbocycles. The van der Waals surface area contributed by atoms with Gasteiger partial charge in [-0.05, 0) is 18.3 Å². The largest absolute Gasteiger partial charge is 0.435 e. The van der Waals surface area contributed by atoms with Gasteiger partial charge in [-0.1, -0.05) is 12.2 Å². The molecule has 30 heavy (non-hydrogen) atoms. The molecule has 1 aromatic rings. The van der Waals surface area contributed by atoms with Crippen LogP contribution in [0.4, 0.5) is 13.2 Å². The number of aliphatic imine (C=N–C) groups is 1. The Hall–Kier alpha value is -2.85. The number of amides is 2. The second kappa shape index (κ2) is 7.44. The summed E-state index contributed by atoms with van der Waals surface area (Å²) in [6, 6.07) is 0. The summed E-state index contributed by atoms with van der Waals surface area (Å²) in [4.78, 5) is 30.6. The summed E-state index contributed by atoms with van der Waals surface area (Å²) in [7, 11) is 2.91. The third kappa shape index (κ3) is 3.46. The maximum Gasteiger partial charge on any atom is 0.435 e. The van der Waals surface area contributed by atoms with Gasteiger partial charge >= 0.3 is 6.18 Å². The van der Waals surface area contributed by atoms with Gasteiger partial charge in [-0.15, -0.1) is 0 Å². The number of imide groups is 1. The third-order valence-electron chi connectivity index (χ3n) is 6.03. The summed E-state index contributed by atoms with van der Waals surface area (Å²) in [5, 5.41) is 9.22. The van der Waals surface area contributed by atoms with E-state index in [0.29, 0.717) is 0 Å². The number of rotatable bonds is 5. The van der Waals surface area contributed by atoms with Crippen LogP contribution < -0.4 is 10.6 Å². The number of hydrogen-bond acceptors (Lipinski definition) is 4. The minimum absolute atomic E-state index is 0.00588. The molecule has 4 unspecified atom stereocenters. The molecule has 2 aliphatic carbocycles. The van der Waals surface area contributed by atoms with Crippen molar-refractivity contribution in [3.05, 3.63) is 29.6 Å². The lowest BCUT2D eigenvalue weighted by Gasteiger charge is -2.18. The smallest absolute Gasteiger partial charge is 0.355 e. The minimum atomic E-state index is -4.54. The Balaban J connectivity index is 1.30. The Morgan fingerprint density at radius 1 is 1.20 bits per heavy atom. The van der Waals surface area contributed by atoms with Crippen LogP contribution in [0, 0.1) is 23.7 Å². The van der Waals surface area contributed by atoms with Crippen molar-refractivity contribution < 1.29 is 22.8 Å². The van der Waals surface area contributed by atoms with Crippen LogP contribution in [0.1, 0.15) is 17.7 Å². The first-order chi connectivity index (χ1) is 14.2. The lowest BCUT2D eigenvalue weighted by Crippen LogP contribution is -2.43. The number of guanidine groups is 1. The highest BCUT2D eigenvalue weighted by molar-refractivity contribution is 6.06. The summed E-state index contributed by atoms with van der Waals surface area (Å²) in [5.41, 5.74) is -0.954. The van der Waals surface area contributed by atoms with Crippen LogP contribution in [0.25, 0.3) is 0 Å². The Labute approximate surface area is 171 Å². The number of fused-ring (bicyclic) bond motifs is 5. The first-order valence-electron chi connectivity index (χ1n) is 9.78. The molecule has 162 valence electrons. The van der Waals surface area contributed by atoms with Crippen LogP contribution in [0.5, 0.6) is 0 Å². The molecule has 8 nitrogen and oxygen atoms in total. The summed E-state index contributed by atoms with van der Waals surface area (Å²) >= 11 is 0. The molecule has 1 aliphatic heterocycles. The van der Waals surface area contributed by atoms with Crippen molar-refractivity contribution in [1.82, 2.24) is 25.3 Å². The number of hydrogen-bond donors (Lipinski definition) is 2. The van der Waals surface area contributed by atoms with Crippen molar-refractivity contribution in [2.45, 2.75) is 19.1 Å². The number of nitrogens with one attached hydrogen (secondary N) is 2. The molecule has 2 heterocycles. The Morgan fingerprint density at radius 3 is 2.40 bits per heavy atom. The zero-order chi connectivity index (χ0) is 21.6. The highest BCUT2D eigenvalue weighted by Gasteiger charge is 2.58. The molecular weight excluding hydrogens is 401 g/mol. The number of carbonyl (C=O) groups excluding carboxylic acids is 2. The molecule has 2 fully saturated rings. The summed E-state index contributed by atoms with van der Waals surface area (Å²) in [6.07, 6.45) is 1.71. The van der Waals surface area contributed by atoms with Crippen LogP contribution in [0.2, 0.25) is 0 Å². The van der Waals surface area contributed by atoms with Gasteiger partial charge in [0.25, 0.3) is 0 Å². The van der Waals surface area contributed by atoms with Crippen molar-refractivity contribution in [1.29, 1.82) is 0 Å². The van der Waals surface area contributed by atoms with Gasteiger partial charge in [0.15, 0.2) is 11.7 Å². The van der Waals surface area contributed by atoms with Gasteiger partial charge in [0.2, 0.25) is 11.8 Å². The van der Waals surface area contributed by atoms with Crippen molar-refractivity contribution in [3.63, 3.8) is 0 Å². The summed E-state index contributed by atoms with van der Waals surface area (Å²) in [6.45, 7) is 0.313. The number of aromatic nitrogens is 2. The van der Waals surface area contributed by atoms with Crippen molar-refractivity contribution in [3.8, 4) is 0 Å². The van der Waals surface area contributed by atoms with E-state index in [1.165, 1.54) is 25.2 Å². The molecule has 11 heteroatoms. The molecule has 2 bridgehead atoms. The maximum atomic E-state index is 13.1. The Morgan fingerprint density at radius 2 is 1.83 bits per heavy atom. The quantitative estimate of drug-likeness (QED) is 0.317. The SMILES string of the molecule is CN=C(NCCN1C(=O)C2C3C=CC(C3)C2C1=O)NCc1cn(C)nc1C(F)(F)F. The van der Waals surface area contributed by atoms with Crippen molar-refractivity contribution in [2.24, 2.45) is 35.7 Å². The molecule has 4 rings (SSSR count). The van der Waals surface area contributed by atoms with Gasteiger partial charge < -0.3 is 10.6 Å². The molecule has 0 aromatic carbocycles. The predicted molar refractivity (Wildman–Crippen MR) is 101 cm³/mol. The van der Waals surface area contributed by atoms with Crippen molar-refractivity contribution in [2.75, 3.05) is 20.1 Å². The Bertz CT molecular complexity index is 892. The van der Waals surface area contributed by atoms with E-state index in [-0.39, 0.29) is 66.6 Å². The number of allylic oxidation sites excluding steroid dienone is 2. The zero-order valence-corrected chi connectivity index (χ0v) is 16.6. The maximum absolute atomic E-state index is 13.1. The van der Waals surface area contributed by atoms with Crippen LogP contribution in [0.15, 0.2) is 23.3 Å². The molecular formula is C19H23F3N6O2. The molecule has 4 atom stereocenters. The van der Waals surface area contributed by atoms with E-state index in [1.807, 2.05) is 12.2 Å². The minimum Gasteiger partial charge on any atom is -0.355 e. The molecule has 1 saturated heterocycles. The first kappa shape index (κ1) is 20.4. The molecule has 0 spiro atoms. The number of nitrogens with zero attached hydrogens (tertiary/aromatic N) is 4. The van der Waals surface area contributed by atoms with Gasteiger partial charge in [-0.3, -0.25) is 24.2 Å². The van der Waals surface area contributed by atoms with E-state index >= 15 is 0 Å². The lowest BCUT2D eigenvalue weighted by molar-refractivity contribution is -0.142.